The van der Waals surface area contributed by atoms with E-state index in [0.29, 0.717) is 0 Å². The molecule has 1 aromatic rings. The summed E-state index contributed by atoms with van der Waals surface area (Å²) in [5.74, 6) is 0.836. The van der Waals surface area contributed by atoms with Gasteiger partial charge in [-0.2, -0.15) is 0 Å². The first kappa shape index (κ1) is 15.2. The molecule has 3 aliphatic rings. The Balaban J connectivity index is 1.97. The molecule has 1 aromatic carbocycles. The summed E-state index contributed by atoms with van der Waals surface area (Å²) >= 11 is 0. The van der Waals surface area contributed by atoms with Gasteiger partial charge in [0, 0.05) is 30.4 Å². The van der Waals surface area contributed by atoms with E-state index in [9.17, 15) is 0 Å². The van der Waals surface area contributed by atoms with Gasteiger partial charge >= 0.3 is 0 Å². The molecule has 0 fully saturated rings. The van der Waals surface area contributed by atoms with E-state index in [1.165, 1.54) is 23.2 Å². The monoisotopic (exact) mass is 322 g/mol. The van der Waals surface area contributed by atoms with E-state index in [0.717, 1.165) is 54.0 Å². The normalized spacial score (nSPS) is 15.3. The molecule has 1 N–H and O–H groups in total. The minimum atomic E-state index is 0.836. The van der Waals surface area contributed by atoms with Crippen molar-refractivity contribution >= 4 is 16.8 Å². The van der Waals surface area contributed by atoms with Crippen LogP contribution in [0.1, 0.15) is 31.4 Å². The van der Waals surface area contributed by atoms with Crippen molar-refractivity contribution in [3.8, 4) is 11.5 Å². The number of nitrogens with one attached hydrogen (secondary N) is 1. The fourth-order valence-electron chi connectivity index (χ4n) is 3.65. The van der Waals surface area contributed by atoms with Gasteiger partial charge < -0.3 is 9.32 Å². The molecule has 0 atom stereocenters. The molecule has 0 saturated heterocycles. The SMILES string of the molecule is CC[NH+]=c1cc2oc3cc4c(cc3nc-2cc1C)CCCN4CC. The molecule has 4 rings (SSSR count). The van der Waals surface area contributed by atoms with Crippen LogP contribution in [-0.2, 0) is 6.42 Å². The lowest BCUT2D eigenvalue weighted by atomic mass is 10.0. The number of aryl methyl sites for hydroxylation is 2. The van der Waals surface area contributed by atoms with Gasteiger partial charge in [-0.25, -0.2) is 9.98 Å². The molecule has 0 bridgehead atoms. The second-order valence-corrected chi connectivity index (χ2v) is 6.51. The average molecular weight is 322 g/mol. The summed E-state index contributed by atoms with van der Waals surface area (Å²) in [7, 11) is 0. The van der Waals surface area contributed by atoms with Crippen LogP contribution in [0.3, 0.4) is 0 Å². The zero-order valence-corrected chi connectivity index (χ0v) is 14.6. The molecule has 0 radical (unpaired) electrons. The highest BCUT2D eigenvalue weighted by molar-refractivity contribution is 5.82. The minimum Gasteiger partial charge on any atom is -0.452 e. The summed E-state index contributed by atoms with van der Waals surface area (Å²) in [4.78, 5) is 10.7. The highest BCUT2D eigenvalue weighted by Crippen LogP contribution is 2.33. The fraction of sp³-hybridized carbons (Fsp3) is 0.400. The second-order valence-electron chi connectivity index (χ2n) is 6.51. The largest absolute Gasteiger partial charge is 0.452 e. The van der Waals surface area contributed by atoms with Gasteiger partial charge in [-0.05, 0) is 51.3 Å². The molecule has 124 valence electrons. The molecular weight excluding hydrogens is 298 g/mol. The van der Waals surface area contributed by atoms with Crippen molar-refractivity contribution < 1.29 is 9.41 Å². The zero-order valence-electron chi connectivity index (χ0n) is 14.6. The Morgan fingerprint density at radius 1 is 1.21 bits per heavy atom. The molecule has 2 aliphatic heterocycles. The molecule has 1 aliphatic carbocycles. The van der Waals surface area contributed by atoms with Crippen LogP contribution in [0.25, 0.3) is 22.6 Å². The Hall–Kier alpha value is -2.36. The first-order valence-electron chi connectivity index (χ1n) is 8.89. The minimum absolute atomic E-state index is 0.836. The Bertz CT molecular complexity index is 942. The number of nitrogens with zero attached hydrogens (tertiary/aromatic N) is 2. The van der Waals surface area contributed by atoms with Crippen LogP contribution in [0.15, 0.2) is 28.7 Å². The van der Waals surface area contributed by atoms with Crippen molar-refractivity contribution in [1.82, 2.24) is 4.98 Å². The van der Waals surface area contributed by atoms with Gasteiger partial charge in [-0.3, -0.25) is 0 Å². The first-order chi connectivity index (χ1) is 11.7. The third-order valence-electron chi connectivity index (χ3n) is 4.89. The predicted octanol–water partition coefficient (Wildman–Crippen LogP) is 2.01. The Kier molecular flexibility index (Phi) is 3.75. The number of benzene rings is 2. The standard InChI is InChI=1S/C20H23N3O/c1-4-21-15-11-19-16(9-13(15)3)22-17-10-14-7-6-8-23(5-2)18(14)12-20(17)24-19/h9-12H,4-8H2,1-3H3/p+1. The van der Waals surface area contributed by atoms with E-state index >= 15 is 0 Å². The van der Waals surface area contributed by atoms with E-state index in [-0.39, 0.29) is 0 Å². The maximum absolute atomic E-state index is 6.22. The maximum atomic E-state index is 6.22. The summed E-state index contributed by atoms with van der Waals surface area (Å²) in [5, 5.41) is 1.11. The number of fused-ring (bicyclic) bond motifs is 3. The van der Waals surface area contributed by atoms with Gasteiger partial charge in [-0.1, -0.05) is 0 Å². The number of rotatable bonds is 2. The van der Waals surface area contributed by atoms with Crippen molar-refractivity contribution in [2.45, 2.75) is 33.6 Å². The predicted molar refractivity (Wildman–Crippen MR) is 96.2 cm³/mol. The van der Waals surface area contributed by atoms with Crippen LogP contribution in [0.2, 0.25) is 0 Å². The van der Waals surface area contributed by atoms with Gasteiger partial charge in [-0.15, -0.1) is 0 Å². The maximum Gasteiger partial charge on any atom is 0.205 e. The summed E-state index contributed by atoms with van der Waals surface area (Å²) in [6.45, 7) is 9.47. The van der Waals surface area contributed by atoms with Gasteiger partial charge in [0.1, 0.15) is 17.8 Å². The molecule has 0 unspecified atom stereocenters. The van der Waals surface area contributed by atoms with Gasteiger partial charge in [0.25, 0.3) is 0 Å². The van der Waals surface area contributed by atoms with Crippen molar-refractivity contribution in [3.05, 3.63) is 40.7 Å². The average Bonchev–Trinajstić information content (AvgIpc) is 2.59. The summed E-state index contributed by atoms with van der Waals surface area (Å²) < 4.78 is 6.22. The van der Waals surface area contributed by atoms with Crippen LogP contribution in [0, 0.1) is 6.92 Å². The third kappa shape index (κ3) is 2.46. The van der Waals surface area contributed by atoms with E-state index in [1.807, 2.05) is 0 Å². The molecule has 24 heavy (non-hydrogen) atoms. The van der Waals surface area contributed by atoms with Crippen LogP contribution >= 0.6 is 0 Å². The Morgan fingerprint density at radius 2 is 2.08 bits per heavy atom. The highest BCUT2D eigenvalue weighted by Gasteiger charge is 2.19. The number of aromatic nitrogens is 1. The lowest BCUT2D eigenvalue weighted by Crippen LogP contribution is -2.76. The van der Waals surface area contributed by atoms with E-state index in [1.54, 1.807) is 0 Å². The fourth-order valence-corrected chi connectivity index (χ4v) is 3.65. The van der Waals surface area contributed by atoms with E-state index < -0.39 is 0 Å². The van der Waals surface area contributed by atoms with Crippen LogP contribution < -0.4 is 15.2 Å². The number of anilines is 1. The molecule has 2 heterocycles. The van der Waals surface area contributed by atoms with Crippen LogP contribution in [0.4, 0.5) is 5.69 Å². The number of hydrogen-bond donors (Lipinski definition) is 1. The Labute approximate surface area is 142 Å². The Morgan fingerprint density at radius 3 is 2.88 bits per heavy atom. The number of hydrogen-bond acceptors (Lipinski definition) is 3. The van der Waals surface area contributed by atoms with E-state index in [2.05, 4.69) is 54.9 Å². The summed E-state index contributed by atoms with van der Waals surface area (Å²) in [5.41, 5.74) is 6.63. The topological polar surface area (TPSA) is 43.2 Å². The van der Waals surface area contributed by atoms with Crippen molar-refractivity contribution in [1.29, 1.82) is 0 Å². The van der Waals surface area contributed by atoms with Crippen molar-refractivity contribution in [3.63, 3.8) is 0 Å². The van der Waals surface area contributed by atoms with Crippen LogP contribution in [-0.4, -0.2) is 24.6 Å². The van der Waals surface area contributed by atoms with Crippen molar-refractivity contribution in [2.75, 3.05) is 24.5 Å². The zero-order chi connectivity index (χ0) is 16.7. The smallest absolute Gasteiger partial charge is 0.205 e. The lowest BCUT2D eigenvalue weighted by molar-refractivity contribution is -0.496. The molecule has 0 saturated carbocycles. The quantitative estimate of drug-likeness (QED) is 0.734. The molecule has 0 aromatic heterocycles. The van der Waals surface area contributed by atoms with Gasteiger partial charge in [0.15, 0.2) is 11.3 Å². The van der Waals surface area contributed by atoms with Gasteiger partial charge in [0.05, 0.1) is 6.07 Å². The van der Waals surface area contributed by atoms with Crippen molar-refractivity contribution in [2.24, 2.45) is 0 Å². The van der Waals surface area contributed by atoms with Crippen LogP contribution in [0.5, 0.6) is 0 Å². The molecule has 4 heteroatoms. The van der Waals surface area contributed by atoms with E-state index in [4.69, 9.17) is 9.40 Å². The third-order valence-corrected chi connectivity index (χ3v) is 4.89. The second kappa shape index (κ2) is 5.93. The first-order valence-corrected chi connectivity index (χ1v) is 8.89. The lowest BCUT2D eigenvalue weighted by Gasteiger charge is -2.30. The molecule has 4 nitrogen and oxygen atoms in total. The molecule has 0 spiro atoms. The highest BCUT2D eigenvalue weighted by atomic mass is 16.3. The summed E-state index contributed by atoms with van der Waals surface area (Å²) in [6.07, 6.45) is 2.34. The summed E-state index contributed by atoms with van der Waals surface area (Å²) in [6, 6.07) is 8.56. The molecule has 0 amide bonds. The molecular formula is C20H24N3O+. The van der Waals surface area contributed by atoms with Gasteiger partial charge in [0.2, 0.25) is 5.36 Å².